The fraction of sp³-hybridized carbons (Fsp3) is 0.200. The number of benzene rings is 1. The summed E-state index contributed by atoms with van der Waals surface area (Å²) in [5.41, 5.74) is 0.391. The van der Waals surface area contributed by atoms with Gasteiger partial charge in [0.25, 0.3) is 5.91 Å². The van der Waals surface area contributed by atoms with E-state index in [0.29, 0.717) is 17.1 Å². The Kier molecular flexibility index (Phi) is 2.96. The van der Waals surface area contributed by atoms with Gasteiger partial charge < -0.3 is 14.8 Å². The minimum Gasteiger partial charge on any atom is -0.454 e. The van der Waals surface area contributed by atoms with E-state index in [1.54, 1.807) is 18.2 Å². The van der Waals surface area contributed by atoms with Gasteiger partial charge in [-0.15, -0.1) is 0 Å². The van der Waals surface area contributed by atoms with Gasteiger partial charge in [0.2, 0.25) is 12.0 Å². The van der Waals surface area contributed by atoms with Crippen molar-refractivity contribution in [3.05, 3.63) is 23.8 Å². The smallest absolute Gasteiger partial charge is 0.251 e. The molecule has 1 aromatic carbocycles. The van der Waals surface area contributed by atoms with Gasteiger partial charge in [-0.05, 0) is 29.8 Å². The minimum absolute atomic E-state index is 0.153. The minimum atomic E-state index is -0.617. The first-order valence-electron chi connectivity index (χ1n) is 4.53. The van der Waals surface area contributed by atoms with Crippen molar-refractivity contribution in [1.82, 2.24) is 5.32 Å². The second-order valence-electron chi connectivity index (χ2n) is 3.11. The van der Waals surface area contributed by atoms with Crippen molar-refractivity contribution in [3.63, 3.8) is 0 Å². The number of nitrogens with one attached hydrogen (secondary N) is 1. The Morgan fingerprint density at radius 2 is 2.06 bits per heavy atom. The highest BCUT2D eigenvalue weighted by molar-refractivity contribution is 6.64. The number of ether oxygens (including phenoxy) is 2. The lowest BCUT2D eigenvalue weighted by atomic mass is 10.2. The molecule has 1 aromatic rings. The first-order valence-corrected chi connectivity index (χ1v) is 4.91. The molecule has 0 atom stereocenters. The van der Waals surface area contributed by atoms with Crippen LogP contribution < -0.4 is 14.8 Å². The fourth-order valence-corrected chi connectivity index (χ4v) is 1.36. The molecule has 2 rings (SSSR count). The lowest BCUT2D eigenvalue weighted by molar-refractivity contribution is -0.110. The number of carbonyl (C=O) groups is 2. The molecular weight excluding hydrogens is 234 g/mol. The van der Waals surface area contributed by atoms with Crippen LogP contribution in [0, 0.1) is 0 Å². The Balaban J connectivity index is 2.09. The Bertz CT molecular complexity index is 446. The highest BCUT2D eigenvalue weighted by Crippen LogP contribution is 2.32. The molecule has 0 radical (unpaired) electrons. The van der Waals surface area contributed by atoms with Crippen LogP contribution in [0.15, 0.2) is 18.2 Å². The van der Waals surface area contributed by atoms with Crippen molar-refractivity contribution in [2.45, 2.75) is 0 Å². The van der Waals surface area contributed by atoms with Crippen LogP contribution in [0.5, 0.6) is 11.5 Å². The van der Waals surface area contributed by atoms with Crippen molar-refractivity contribution in [1.29, 1.82) is 0 Å². The fourth-order valence-electron chi connectivity index (χ4n) is 1.29. The summed E-state index contributed by atoms with van der Waals surface area (Å²) < 4.78 is 10.2. The summed E-state index contributed by atoms with van der Waals surface area (Å²) in [5, 5.41) is 1.76. The Morgan fingerprint density at radius 1 is 1.31 bits per heavy atom. The summed E-state index contributed by atoms with van der Waals surface area (Å²) in [6.45, 7) is -0.0462. The largest absolute Gasteiger partial charge is 0.454 e. The zero-order valence-corrected chi connectivity index (χ0v) is 8.91. The summed E-state index contributed by atoms with van der Waals surface area (Å²) >= 11 is 5.10. The molecule has 1 N–H and O–H groups in total. The van der Waals surface area contributed by atoms with Crippen LogP contribution in [0.4, 0.5) is 0 Å². The van der Waals surface area contributed by atoms with Crippen LogP contribution in [0.25, 0.3) is 0 Å². The highest BCUT2D eigenvalue weighted by atomic mass is 35.5. The van der Waals surface area contributed by atoms with Crippen LogP contribution in [-0.2, 0) is 4.79 Å². The standard InChI is InChI=1S/C10H8ClNO4/c11-9(13)4-12-10(14)6-1-2-7-8(3-6)16-5-15-7/h1-3H,4-5H2,(H,12,14). The van der Waals surface area contributed by atoms with E-state index in [1.165, 1.54) is 0 Å². The molecule has 5 nitrogen and oxygen atoms in total. The maximum Gasteiger partial charge on any atom is 0.251 e. The van der Waals surface area contributed by atoms with Gasteiger partial charge in [-0.1, -0.05) is 0 Å². The summed E-state index contributed by atoms with van der Waals surface area (Å²) in [6, 6.07) is 4.78. The average Bonchev–Trinajstić information content (AvgIpc) is 2.72. The molecule has 1 amide bonds. The van der Waals surface area contributed by atoms with E-state index in [1.807, 2.05) is 0 Å². The topological polar surface area (TPSA) is 64.6 Å². The molecule has 0 fully saturated rings. The van der Waals surface area contributed by atoms with Crippen molar-refractivity contribution in [2.75, 3.05) is 13.3 Å². The molecule has 16 heavy (non-hydrogen) atoms. The molecular formula is C10H8ClNO4. The van der Waals surface area contributed by atoms with Crippen LogP contribution in [0.2, 0.25) is 0 Å². The number of fused-ring (bicyclic) bond motifs is 1. The number of halogens is 1. The molecule has 0 spiro atoms. The van der Waals surface area contributed by atoms with Crippen molar-refractivity contribution >= 4 is 22.8 Å². The van der Waals surface area contributed by atoms with Gasteiger partial charge in [0.15, 0.2) is 11.5 Å². The molecule has 1 aliphatic rings. The molecule has 0 saturated heterocycles. The van der Waals surface area contributed by atoms with Gasteiger partial charge in [-0.25, -0.2) is 0 Å². The second-order valence-corrected chi connectivity index (χ2v) is 3.53. The lowest BCUT2D eigenvalue weighted by Crippen LogP contribution is -2.27. The zero-order chi connectivity index (χ0) is 11.5. The van der Waals surface area contributed by atoms with E-state index in [9.17, 15) is 9.59 Å². The summed E-state index contributed by atoms with van der Waals surface area (Å²) in [6.07, 6.45) is 0. The van der Waals surface area contributed by atoms with E-state index in [2.05, 4.69) is 5.32 Å². The van der Waals surface area contributed by atoms with Crippen LogP contribution in [0.3, 0.4) is 0 Å². The Hall–Kier alpha value is -1.75. The number of rotatable bonds is 3. The van der Waals surface area contributed by atoms with Crippen LogP contribution in [-0.4, -0.2) is 24.5 Å². The normalized spacial score (nSPS) is 12.3. The first-order chi connectivity index (χ1) is 7.66. The third-order valence-corrected chi connectivity index (χ3v) is 2.16. The highest BCUT2D eigenvalue weighted by Gasteiger charge is 2.16. The molecule has 0 unspecified atom stereocenters. The van der Waals surface area contributed by atoms with E-state index in [-0.39, 0.29) is 19.2 Å². The van der Waals surface area contributed by atoms with E-state index in [0.717, 1.165) is 0 Å². The Labute approximate surface area is 96.3 Å². The molecule has 0 aromatic heterocycles. The van der Waals surface area contributed by atoms with E-state index >= 15 is 0 Å². The predicted octanol–water partition coefficient (Wildman–Crippen LogP) is 0.911. The van der Waals surface area contributed by atoms with Gasteiger partial charge >= 0.3 is 0 Å². The number of carbonyl (C=O) groups excluding carboxylic acids is 2. The summed E-state index contributed by atoms with van der Waals surface area (Å²) in [7, 11) is 0. The third-order valence-electron chi connectivity index (χ3n) is 2.02. The van der Waals surface area contributed by atoms with Gasteiger partial charge in [0.1, 0.15) is 0 Å². The monoisotopic (exact) mass is 241 g/mol. The van der Waals surface area contributed by atoms with E-state index in [4.69, 9.17) is 21.1 Å². The SMILES string of the molecule is O=C(Cl)CNC(=O)c1ccc2c(c1)OCO2. The quantitative estimate of drug-likeness (QED) is 0.799. The average molecular weight is 242 g/mol. The van der Waals surface area contributed by atoms with Gasteiger partial charge in [0, 0.05) is 5.56 Å². The van der Waals surface area contributed by atoms with Gasteiger partial charge in [-0.2, -0.15) is 0 Å². The van der Waals surface area contributed by atoms with Crippen LogP contribution >= 0.6 is 11.6 Å². The third kappa shape index (κ3) is 2.25. The Morgan fingerprint density at radius 3 is 2.81 bits per heavy atom. The second kappa shape index (κ2) is 4.40. The summed E-state index contributed by atoms with van der Waals surface area (Å²) in [5.74, 6) is 0.738. The summed E-state index contributed by atoms with van der Waals surface area (Å²) in [4.78, 5) is 22.0. The molecule has 1 aliphatic heterocycles. The molecule has 0 bridgehead atoms. The number of hydrogen-bond donors (Lipinski definition) is 1. The van der Waals surface area contributed by atoms with Gasteiger partial charge in [0.05, 0.1) is 6.54 Å². The molecule has 1 heterocycles. The van der Waals surface area contributed by atoms with Gasteiger partial charge in [-0.3, -0.25) is 9.59 Å². The van der Waals surface area contributed by atoms with Crippen molar-refractivity contribution in [3.8, 4) is 11.5 Å². The first kappa shape index (κ1) is 10.8. The zero-order valence-electron chi connectivity index (χ0n) is 8.16. The van der Waals surface area contributed by atoms with Crippen molar-refractivity contribution in [2.24, 2.45) is 0 Å². The maximum atomic E-state index is 11.5. The molecule has 0 aliphatic carbocycles. The molecule has 0 saturated carbocycles. The molecule has 6 heteroatoms. The van der Waals surface area contributed by atoms with E-state index < -0.39 is 5.24 Å². The number of amides is 1. The predicted molar refractivity (Wildman–Crippen MR) is 55.8 cm³/mol. The lowest BCUT2D eigenvalue weighted by Gasteiger charge is -2.03. The number of hydrogen-bond acceptors (Lipinski definition) is 4. The molecule has 84 valence electrons. The maximum absolute atomic E-state index is 11.5. The van der Waals surface area contributed by atoms with Crippen LogP contribution in [0.1, 0.15) is 10.4 Å². The van der Waals surface area contributed by atoms with Crippen molar-refractivity contribution < 1.29 is 19.1 Å².